The van der Waals surface area contributed by atoms with E-state index in [1.54, 1.807) is 0 Å². The van der Waals surface area contributed by atoms with Crippen molar-refractivity contribution >= 4 is 16.6 Å². The van der Waals surface area contributed by atoms with Gasteiger partial charge in [-0.1, -0.05) is 18.2 Å². The van der Waals surface area contributed by atoms with Crippen molar-refractivity contribution in [3.63, 3.8) is 0 Å². The molecule has 20 heavy (non-hydrogen) atoms. The lowest BCUT2D eigenvalue weighted by Crippen LogP contribution is -2.45. The first-order chi connectivity index (χ1) is 9.83. The second-order valence-electron chi connectivity index (χ2n) is 5.35. The number of rotatable bonds is 4. The number of piperazine rings is 1. The fourth-order valence-electron chi connectivity index (χ4n) is 2.74. The third kappa shape index (κ3) is 3.08. The summed E-state index contributed by atoms with van der Waals surface area (Å²) in [5.74, 6) is 0. The Bertz CT molecular complexity index is 576. The number of anilines is 1. The Kier molecular flexibility index (Phi) is 4.14. The Morgan fingerprint density at radius 1 is 1.25 bits per heavy atom. The summed E-state index contributed by atoms with van der Waals surface area (Å²) < 4.78 is 0. The van der Waals surface area contributed by atoms with Gasteiger partial charge in [0.15, 0.2) is 0 Å². The molecule has 1 aromatic heterocycles. The zero-order chi connectivity index (χ0) is 13.8. The topological polar surface area (TPSA) is 40.2 Å². The number of fused-ring (bicyclic) bond motifs is 1. The number of nitrogens with zero attached hydrogens (tertiary/aromatic N) is 2. The Labute approximate surface area is 120 Å². The number of aromatic nitrogens is 1. The summed E-state index contributed by atoms with van der Waals surface area (Å²) in [6, 6.07) is 10.5. The maximum absolute atomic E-state index is 4.58. The molecule has 0 saturated carbocycles. The van der Waals surface area contributed by atoms with Crippen LogP contribution in [0, 0.1) is 6.92 Å². The number of aryl methyl sites for hydroxylation is 1. The van der Waals surface area contributed by atoms with Crippen molar-refractivity contribution in [3.05, 3.63) is 36.0 Å². The van der Waals surface area contributed by atoms with Crippen LogP contribution in [-0.4, -0.2) is 49.2 Å². The number of para-hydroxylation sites is 1. The van der Waals surface area contributed by atoms with Crippen molar-refractivity contribution in [2.45, 2.75) is 6.92 Å². The quantitative estimate of drug-likeness (QED) is 0.889. The summed E-state index contributed by atoms with van der Waals surface area (Å²) in [4.78, 5) is 7.08. The summed E-state index contributed by atoms with van der Waals surface area (Å²) in [6.45, 7) is 8.64. The van der Waals surface area contributed by atoms with Crippen LogP contribution < -0.4 is 10.6 Å². The van der Waals surface area contributed by atoms with Gasteiger partial charge in [-0.3, -0.25) is 9.88 Å². The highest BCUT2D eigenvalue weighted by molar-refractivity contribution is 5.91. The average molecular weight is 270 g/mol. The molecule has 0 bridgehead atoms. The van der Waals surface area contributed by atoms with Crippen LogP contribution >= 0.6 is 0 Å². The monoisotopic (exact) mass is 270 g/mol. The van der Waals surface area contributed by atoms with Gasteiger partial charge in [0.1, 0.15) is 0 Å². The molecule has 1 aliphatic rings. The van der Waals surface area contributed by atoms with E-state index in [1.807, 2.05) is 13.0 Å². The molecule has 1 fully saturated rings. The zero-order valence-corrected chi connectivity index (χ0v) is 12.0. The number of hydrogen-bond donors (Lipinski definition) is 2. The Balaban J connectivity index is 1.67. The molecule has 4 nitrogen and oxygen atoms in total. The Morgan fingerprint density at radius 2 is 2.05 bits per heavy atom. The van der Waals surface area contributed by atoms with Gasteiger partial charge < -0.3 is 10.6 Å². The third-order valence-electron chi connectivity index (χ3n) is 3.80. The standard InChI is InChI=1S/C16H22N4/c1-13-12-16(14-4-2-3-5-15(14)19-13)18-8-11-20-9-6-17-7-10-20/h2-5,12,17H,6-11H2,1H3,(H,18,19). The molecule has 0 spiro atoms. The number of benzene rings is 1. The van der Waals surface area contributed by atoms with Crippen LogP contribution in [0.3, 0.4) is 0 Å². The molecule has 0 aliphatic carbocycles. The van der Waals surface area contributed by atoms with Crippen molar-refractivity contribution in [2.24, 2.45) is 0 Å². The van der Waals surface area contributed by atoms with Gasteiger partial charge in [0.05, 0.1) is 5.52 Å². The first-order valence-corrected chi connectivity index (χ1v) is 7.36. The van der Waals surface area contributed by atoms with Crippen LogP contribution in [0.5, 0.6) is 0 Å². The minimum atomic E-state index is 0.980. The highest BCUT2D eigenvalue weighted by Gasteiger charge is 2.09. The van der Waals surface area contributed by atoms with E-state index in [4.69, 9.17) is 0 Å². The van der Waals surface area contributed by atoms with Gasteiger partial charge in [0.2, 0.25) is 0 Å². The molecule has 4 heteroatoms. The second-order valence-corrected chi connectivity index (χ2v) is 5.35. The van der Waals surface area contributed by atoms with Crippen molar-refractivity contribution in [1.82, 2.24) is 15.2 Å². The summed E-state index contributed by atoms with van der Waals surface area (Å²) in [7, 11) is 0. The minimum Gasteiger partial charge on any atom is -0.383 e. The van der Waals surface area contributed by atoms with Crippen molar-refractivity contribution in [1.29, 1.82) is 0 Å². The normalized spacial score (nSPS) is 16.4. The molecule has 0 atom stereocenters. The Morgan fingerprint density at radius 3 is 2.90 bits per heavy atom. The van der Waals surface area contributed by atoms with Crippen molar-refractivity contribution in [2.75, 3.05) is 44.6 Å². The van der Waals surface area contributed by atoms with Crippen molar-refractivity contribution < 1.29 is 0 Å². The molecule has 1 aliphatic heterocycles. The number of nitrogens with one attached hydrogen (secondary N) is 2. The molecule has 1 saturated heterocycles. The number of pyridine rings is 1. The van der Waals surface area contributed by atoms with Crippen molar-refractivity contribution in [3.8, 4) is 0 Å². The lowest BCUT2D eigenvalue weighted by atomic mass is 10.1. The molecule has 3 rings (SSSR count). The van der Waals surface area contributed by atoms with Gasteiger partial charge in [-0.15, -0.1) is 0 Å². The van der Waals surface area contributed by atoms with E-state index >= 15 is 0 Å². The summed E-state index contributed by atoms with van der Waals surface area (Å²) in [5.41, 5.74) is 3.33. The summed E-state index contributed by atoms with van der Waals surface area (Å²) in [6.07, 6.45) is 0. The predicted octanol–water partition coefficient (Wildman–Crippen LogP) is 1.86. The lowest BCUT2D eigenvalue weighted by Gasteiger charge is -2.27. The van der Waals surface area contributed by atoms with E-state index in [9.17, 15) is 0 Å². The van der Waals surface area contributed by atoms with Crippen LogP contribution in [0.2, 0.25) is 0 Å². The van der Waals surface area contributed by atoms with Crippen LogP contribution in [0.1, 0.15) is 5.69 Å². The summed E-state index contributed by atoms with van der Waals surface area (Å²) in [5, 5.41) is 8.16. The maximum atomic E-state index is 4.58. The van der Waals surface area contributed by atoms with E-state index in [0.717, 1.165) is 50.5 Å². The van der Waals surface area contributed by atoms with Crippen LogP contribution in [0.25, 0.3) is 10.9 Å². The molecule has 2 heterocycles. The van der Waals surface area contributed by atoms with Crippen LogP contribution in [-0.2, 0) is 0 Å². The average Bonchev–Trinajstić information content (AvgIpc) is 2.48. The molecule has 0 radical (unpaired) electrons. The molecule has 1 aromatic carbocycles. The van der Waals surface area contributed by atoms with E-state index in [0.29, 0.717) is 0 Å². The predicted molar refractivity (Wildman–Crippen MR) is 84.3 cm³/mol. The first-order valence-electron chi connectivity index (χ1n) is 7.36. The van der Waals surface area contributed by atoms with E-state index in [2.05, 4.69) is 44.8 Å². The summed E-state index contributed by atoms with van der Waals surface area (Å²) >= 11 is 0. The fraction of sp³-hybridized carbons (Fsp3) is 0.438. The highest BCUT2D eigenvalue weighted by atomic mass is 15.2. The Hall–Kier alpha value is -1.65. The SMILES string of the molecule is Cc1cc(NCCN2CCNCC2)c2ccccc2n1. The third-order valence-corrected chi connectivity index (χ3v) is 3.80. The van der Waals surface area contributed by atoms with Crippen LogP contribution in [0.4, 0.5) is 5.69 Å². The molecule has 0 unspecified atom stereocenters. The van der Waals surface area contributed by atoms with Gasteiger partial charge in [-0.05, 0) is 19.1 Å². The molecular weight excluding hydrogens is 248 g/mol. The molecular formula is C16H22N4. The van der Waals surface area contributed by atoms with Gasteiger partial charge in [-0.25, -0.2) is 0 Å². The minimum absolute atomic E-state index is 0.980. The van der Waals surface area contributed by atoms with E-state index in [1.165, 1.54) is 11.1 Å². The molecule has 106 valence electrons. The van der Waals surface area contributed by atoms with Gasteiger partial charge in [0.25, 0.3) is 0 Å². The van der Waals surface area contributed by atoms with Gasteiger partial charge >= 0.3 is 0 Å². The maximum Gasteiger partial charge on any atom is 0.0725 e. The second kappa shape index (κ2) is 6.20. The zero-order valence-electron chi connectivity index (χ0n) is 12.0. The molecule has 0 amide bonds. The van der Waals surface area contributed by atoms with Gasteiger partial charge in [-0.2, -0.15) is 0 Å². The van der Waals surface area contributed by atoms with Gasteiger partial charge in [0, 0.05) is 56.0 Å². The van der Waals surface area contributed by atoms with Crippen LogP contribution in [0.15, 0.2) is 30.3 Å². The fourth-order valence-corrected chi connectivity index (χ4v) is 2.74. The highest BCUT2D eigenvalue weighted by Crippen LogP contribution is 2.22. The molecule has 2 N–H and O–H groups in total. The van der Waals surface area contributed by atoms with E-state index in [-0.39, 0.29) is 0 Å². The van der Waals surface area contributed by atoms with E-state index < -0.39 is 0 Å². The smallest absolute Gasteiger partial charge is 0.0725 e. The molecule has 2 aromatic rings. The largest absolute Gasteiger partial charge is 0.383 e. The lowest BCUT2D eigenvalue weighted by molar-refractivity contribution is 0.249. The number of hydrogen-bond acceptors (Lipinski definition) is 4. The first kappa shape index (κ1) is 13.3.